The zero-order valence-corrected chi connectivity index (χ0v) is 19.0. The Bertz CT molecular complexity index is 1480. The molecule has 0 aliphatic rings. The van der Waals surface area contributed by atoms with Gasteiger partial charge < -0.3 is 15.8 Å². The van der Waals surface area contributed by atoms with Gasteiger partial charge in [-0.05, 0) is 78.6 Å². The van der Waals surface area contributed by atoms with Gasteiger partial charge in [-0.3, -0.25) is 0 Å². The molecule has 4 rings (SSSR count). The van der Waals surface area contributed by atoms with Gasteiger partial charge in [0.05, 0.1) is 30.3 Å². The summed E-state index contributed by atoms with van der Waals surface area (Å²) >= 11 is 0. The molecule has 0 aliphatic carbocycles. The van der Waals surface area contributed by atoms with Crippen molar-refractivity contribution < 1.29 is 4.74 Å². The van der Waals surface area contributed by atoms with E-state index in [1.807, 2.05) is 44.2 Å². The second-order valence-electron chi connectivity index (χ2n) is 7.81. The highest BCUT2D eigenvalue weighted by atomic mass is 16.5. The number of allylic oxidation sites excluding steroid dienone is 1. The summed E-state index contributed by atoms with van der Waals surface area (Å²) in [6.45, 7) is 4.05. The van der Waals surface area contributed by atoms with Crippen molar-refractivity contribution in [3.05, 3.63) is 76.9 Å². The van der Waals surface area contributed by atoms with E-state index >= 15 is 0 Å². The first-order valence-electron chi connectivity index (χ1n) is 10.5. The van der Waals surface area contributed by atoms with E-state index in [0.717, 1.165) is 33.5 Å². The number of nitrogens with two attached hydrogens (primary N) is 1. The van der Waals surface area contributed by atoms with Crippen LogP contribution in [0.4, 0.5) is 17.5 Å². The van der Waals surface area contributed by atoms with E-state index < -0.39 is 0 Å². The number of anilines is 3. The lowest BCUT2D eigenvalue weighted by Crippen LogP contribution is -2.03. The highest BCUT2D eigenvalue weighted by molar-refractivity contribution is 6.01. The van der Waals surface area contributed by atoms with Crippen LogP contribution in [0.3, 0.4) is 0 Å². The highest BCUT2D eigenvalue weighted by Gasteiger charge is 2.17. The third-order valence-electron chi connectivity index (χ3n) is 5.48. The van der Waals surface area contributed by atoms with Crippen molar-refractivity contribution in [3.63, 3.8) is 0 Å². The van der Waals surface area contributed by atoms with Crippen LogP contribution in [0.15, 0.2) is 54.6 Å². The number of nitriles is 2. The van der Waals surface area contributed by atoms with Crippen LogP contribution in [-0.4, -0.2) is 17.1 Å². The third kappa shape index (κ3) is 4.36. The number of fused-ring (bicyclic) bond motifs is 1. The van der Waals surface area contributed by atoms with E-state index in [4.69, 9.17) is 26.0 Å². The monoisotopic (exact) mass is 446 g/mol. The molecule has 3 aromatic carbocycles. The average Bonchev–Trinajstić information content (AvgIpc) is 2.83. The zero-order valence-electron chi connectivity index (χ0n) is 19.0. The van der Waals surface area contributed by atoms with Crippen LogP contribution in [0.1, 0.15) is 22.3 Å². The molecule has 0 bridgehead atoms. The Balaban J connectivity index is 1.90. The standard InChI is InChI=1S/C27H22N6O/c1-16-11-19(5-4-10-28)12-17(2)24(16)22-13-21(34-3)14-23-25(22)32-27(33-26(23)30)31-20-8-6-18(15-29)7-9-20/h4-9,11-14H,1-3H3,(H3,30,31,32,33)/b5-4+. The summed E-state index contributed by atoms with van der Waals surface area (Å²) in [6.07, 6.45) is 3.25. The molecular weight excluding hydrogens is 424 g/mol. The van der Waals surface area contributed by atoms with Crippen molar-refractivity contribution in [2.75, 3.05) is 18.2 Å². The van der Waals surface area contributed by atoms with Crippen molar-refractivity contribution in [1.29, 1.82) is 10.5 Å². The summed E-state index contributed by atoms with van der Waals surface area (Å²) in [5.74, 6) is 1.33. The number of nitrogens with zero attached hydrogens (tertiary/aromatic N) is 4. The SMILES string of the molecule is COc1cc(-c2c(C)cc(/C=C/C#N)cc2C)c2nc(Nc3ccc(C#N)cc3)nc(N)c2c1. The molecule has 0 radical (unpaired) electrons. The van der Waals surface area contributed by atoms with Crippen LogP contribution in [0.2, 0.25) is 0 Å². The third-order valence-corrected chi connectivity index (χ3v) is 5.48. The van der Waals surface area contributed by atoms with Gasteiger partial charge >= 0.3 is 0 Å². The molecular formula is C27H22N6O. The maximum atomic E-state index is 9.02. The van der Waals surface area contributed by atoms with Gasteiger partial charge in [0.2, 0.25) is 5.95 Å². The van der Waals surface area contributed by atoms with Gasteiger partial charge in [0.15, 0.2) is 0 Å². The Hall–Kier alpha value is -4.88. The van der Waals surface area contributed by atoms with Crippen molar-refractivity contribution in [3.8, 4) is 29.0 Å². The topological polar surface area (TPSA) is 121 Å². The Morgan fingerprint density at radius 2 is 1.71 bits per heavy atom. The van der Waals surface area contributed by atoms with Gasteiger partial charge in [0.25, 0.3) is 0 Å². The van der Waals surface area contributed by atoms with E-state index in [1.54, 1.807) is 37.5 Å². The van der Waals surface area contributed by atoms with Gasteiger partial charge in [0.1, 0.15) is 11.6 Å². The van der Waals surface area contributed by atoms with Crippen LogP contribution in [0.25, 0.3) is 28.1 Å². The Morgan fingerprint density at radius 1 is 1.00 bits per heavy atom. The minimum atomic E-state index is 0.324. The maximum absolute atomic E-state index is 9.02. The van der Waals surface area contributed by atoms with Crippen LogP contribution in [0, 0.1) is 36.5 Å². The van der Waals surface area contributed by atoms with E-state index in [0.29, 0.717) is 34.0 Å². The Morgan fingerprint density at radius 3 is 2.32 bits per heavy atom. The summed E-state index contributed by atoms with van der Waals surface area (Å²) in [7, 11) is 1.61. The molecule has 7 heteroatoms. The molecule has 1 aromatic heterocycles. The van der Waals surface area contributed by atoms with E-state index in [1.165, 1.54) is 6.08 Å². The number of nitrogens with one attached hydrogen (secondary N) is 1. The summed E-state index contributed by atoms with van der Waals surface area (Å²) in [4.78, 5) is 9.24. The summed E-state index contributed by atoms with van der Waals surface area (Å²) in [5.41, 5.74) is 13.3. The van der Waals surface area contributed by atoms with Gasteiger partial charge in [0, 0.05) is 22.7 Å². The highest BCUT2D eigenvalue weighted by Crippen LogP contribution is 2.38. The fourth-order valence-electron chi connectivity index (χ4n) is 4.00. The summed E-state index contributed by atoms with van der Waals surface area (Å²) in [6, 6.07) is 19.0. The fraction of sp³-hybridized carbons (Fsp3) is 0.111. The lowest BCUT2D eigenvalue weighted by molar-refractivity contribution is 0.415. The summed E-state index contributed by atoms with van der Waals surface area (Å²) < 4.78 is 5.54. The number of methoxy groups -OCH3 is 1. The quantitative estimate of drug-likeness (QED) is 0.380. The average molecular weight is 447 g/mol. The van der Waals surface area contributed by atoms with Crippen molar-refractivity contribution >= 4 is 34.4 Å². The molecule has 0 aliphatic heterocycles. The molecule has 7 nitrogen and oxygen atoms in total. The van der Waals surface area contributed by atoms with Gasteiger partial charge in [-0.15, -0.1) is 0 Å². The molecule has 0 atom stereocenters. The molecule has 0 saturated heterocycles. The van der Waals surface area contributed by atoms with Crippen molar-refractivity contribution in [1.82, 2.24) is 9.97 Å². The van der Waals surface area contributed by atoms with Gasteiger partial charge in [-0.2, -0.15) is 15.5 Å². The van der Waals surface area contributed by atoms with E-state index in [9.17, 15) is 0 Å². The normalized spacial score (nSPS) is 10.7. The second kappa shape index (κ2) is 9.32. The number of nitrogen functional groups attached to an aromatic ring is 1. The maximum Gasteiger partial charge on any atom is 0.229 e. The molecule has 1 heterocycles. The Kier molecular flexibility index (Phi) is 6.11. The van der Waals surface area contributed by atoms with Crippen LogP contribution >= 0.6 is 0 Å². The first kappa shape index (κ1) is 22.3. The van der Waals surface area contributed by atoms with E-state index in [-0.39, 0.29) is 0 Å². The minimum Gasteiger partial charge on any atom is -0.497 e. The van der Waals surface area contributed by atoms with Gasteiger partial charge in [-0.1, -0.05) is 12.1 Å². The lowest BCUT2D eigenvalue weighted by atomic mass is 9.91. The lowest BCUT2D eigenvalue weighted by Gasteiger charge is -2.16. The molecule has 34 heavy (non-hydrogen) atoms. The zero-order chi connectivity index (χ0) is 24.2. The fourth-order valence-corrected chi connectivity index (χ4v) is 4.00. The molecule has 0 unspecified atom stereocenters. The van der Waals surface area contributed by atoms with Gasteiger partial charge in [-0.25, -0.2) is 4.98 Å². The van der Waals surface area contributed by atoms with Crippen molar-refractivity contribution in [2.45, 2.75) is 13.8 Å². The number of hydrogen-bond donors (Lipinski definition) is 2. The van der Waals surface area contributed by atoms with Crippen LogP contribution in [-0.2, 0) is 0 Å². The predicted molar refractivity (Wildman–Crippen MR) is 134 cm³/mol. The summed E-state index contributed by atoms with van der Waals surface area (Å²) in [5, 5.41) is 21.7. The predicted octanol–water partition coefficient (Wildman–Crippen LogP) is 5.66. The smallest absolute Gasteiger partial charge is 0.229 e. The molecule has 0 fully saturated rings. The van der Waals surface area contributed by atoms with Crippen LogP contribution < -0.4 is 15.8 Å². The minimum absolute atomic E-state index is 0.324. The molecule has 166 valence electrons. The number of benzene rings is 3. The Labute approximate surface area is 197 Å². The second-order valence-corrected chi connectivity index (χ2v) is 7.81. The van der Waals surface area contributed by atoms with Crippen molar-refractivity contribution in [2.24, 2.45) is 0 Å². The van der Waals surface area contributed by atoms with Crippen LogP contribution in [0.5, 0.6) is 5.75 Å². The first-order valence-corrected chi connectivity index (χ1v) is 10.5. The first-order chi connectivity index (χ1) is 16.4. The van der Waals surface area contributed by atoms with E-state index in [2.05, 4.69) is 16.4 Å². The number of hydrogen-bond acceptors (Lipinski definition) is 7. The molecule has 3 N–H and O–H groups in total. The number of aromatic nitrogens is 2. The number of aryl methyl sites for hydroxylation is 2. The molecule has 0 spiro atoms. The number of rotatable bonds is 5. The molecule has 0 saturated carbocycles. The molecule has 4 aromatic rings. The number of ether oxygens (including phenoxy) is 1. The largest absolute Gasteiger partial charge is 0.497 e. The molecule has 0 amide bonds.